The number of halogens is 1. The summed E-state index contributed by atoms with van der Waals surface area (Å²) in [6.45, 7) is 5.17. The molecule has 0 saturated carbocycles. The number of hydrogen-bond donors (Lipinski definition) is 1. The van der Waals surface area contributed by atoms with Crippen LogP contribution in [0, 0.1) is 5.82 Å². The van der Waals surface area contributed by atoms with Gasteiger partial charge < -0.3 is 5.11 Å². The zero-order valence-corrected chi connectivity index (χ0v) is 13.2. The first kappa shape index (κ1) is 16.7. The lowest BCUT2D eigenvalue weighted by Crippen LogP contribution is -2.38. The van der Waals surface area contributed by atoms with E-state index in [1.165, 1.54) is 6.07 Å². The number of hydrogen-bond acceptors (Lipinski definition) is 2. The van der Waals surface area contributed by atoms with Gasteiger partial charge in [-0.1, -0.05) is 48.5 Å². The molecule has 22 heavy (non-hydrogen) atoms. The average molecular weight is 301 g/mol. The zero-order valence-electron chi connectivity index (χ0n) is 13.2. The van der Waals surface area contributed by atoms with Crippen LogP contribution in [0.3, 0.4) is 0 Å². The van der Waals surface area contributed by atoms with Crippen LogP contribution in [-0.4, -0.2) is 28.7 Å². The summed E-state index contributed by atoms with van der Waals surface area (Å²) in [4.78, 5) is 2.10. The first-order valence-corrected chi connectivity index (χ1v) is 7.75. The molecule has 2 aromatic rings. The average Bonchev–Trinajstić information content (AvgIpc) is 2.49. The predicted molar refractivity (Wildman–Crippen MR) is 88.1 cm³/mol. The van der Waals surface area contributed by atoms with Gasteiger partial charge in [0.15, 0.2) is 0 Å². The summed E-state index contributed by atoms with van der Waals surface area (Å²) in [6.07, 6.45) is 0.151. The standard InChI is InChI=1S/C19H24FNO/c1-15(2)21(13-17-10-6-7-11-19(17)20)14-18(22)12-16-8-4-3-5-9-16/h3-11,15,18,22H,12-14H2,1-2H3/t18-/m0/s1. The van der Waals surface area contributed by atoms with Gasteiger partial charge in [-0.3, -0.25) is 4.90 Å². The molecule has 1 atom stereocenters. The Morgan fingerprint density at radius 2 is 1.64 bits per heavy atom. The Kier molecular flexibility index (Phi) is 6.10. The van der Waals surface area contributed by atoms with E-state index < -0.39 is 6.10 Å². The van der Waals surface area contributed by atoms with E-state index in [2.05, 4.69) is 18.7 Å². The van der Waals surface area contributed by atoms with E-state index >= 15 is 0 Å². The van der Waals surface area contributed by atoms with Crippen molar-refractivity contribution in [1.29, 1.82) is 0 Å². The molecule has 0 amide bonds. The lowest BCUT2D eigenvalue weighted by atomic mass is 10.1. The fraction of sp³-hybridized carbons (Fsp3) is 0.368. The molecule has 0 aliphatic rings. The molecule has 0 saturated heterocycles. The second-order valence-electron chi connectivity index (χ2n) is 5.96. The van der Waals surface area contributed by atoms with Crippen molar-refractivity contribution in [2.45, 2.75) is 39.0 Å². The van der Waals surface area contributed by atoms with E-state index in [0.29, 0.717) is 25.1 Å². The van der Waals surface area contributed by atoms with Crippen molar-refractivity contribution >= 4 is 0 Å². The smallest absolute Gasteiger partial charge is 0.127 e. The van der Waals surface area contributed by atoms with E-state index in [1.54, 1.807) is 12.1 Å². The van der Waals surface area contributed by atoms with Crippen LogP contribution in [0.1, 0.15) is 25.0 Å². The third kappa shape index (κ3) is 4.93. The van der Waals surface area contributed by atoms with Crippen LogP contribution in [0.2, 0.25) is 0 Å². The molecule has 2 nitrogen and oxygen atoms in total. The number of aliphatic hydroxyl groups excluding tert-OH is 1. The Hall–Kier alpha value is -1.71. The Morgan fingerprint density at radius 1 is 1.00 bits per heavy atom. The molecule has 0 heterocycles. The molecule has 0 aliphatic heterocycles. The van der Waals surface area contributed by atoms with Crippen LogP contribution in [0.15, 0.2) is 54.6 Å². The maximum Gasteiger partial charge on any atom is 0.127 e. The van der Waals surface area contributed by atoms with Crippen molar-refractivity contribution in [2.75, 3.05) is 6.54 Å². The minimum atomic E-state index is -0.462. The van der Waals surface area contributed by atoms with Crippen LogP contribution in [-0.2, 0) is 13.0 Å². The number of rotatable bonds is 7. The molecule has 1 N–H and O–H groups in total. The molecule has 118 valence electrons. The Morgan fingerprint density at radius 3 is 2.27 bits per heavy atom. The monoisotopic (exact) mass is 301 g/mol. The van der Waals surface area contributed by atoms with Gasteiger partial charge in [-0.2, -0.15) is 0 Å². The molecular formula is C19H24FNO. The molecule has 3 heteroatoms. The maximum absolute atomic E-state index is 13.8. The Bertz CT molecular complexity index is 571. The highest BCUT2D eigenvalue weighted by molar-refractivity contribution is 5.18. The van der Waals surface area contributed by atoms with E-state index in [9.17, 15) is 9.50 Å². The van der Waals surface area contributed by atoms with Crippen molar-refractivity contribution in [2.24, 2.45) is 0 Å². The van der Waals surface area contributed by atoms with Gasteiger partial charge in [0.25, 0.3) is 0 Å². The quantitative estimate of drug-likeness (QED) is 0.844. The van der Waals surface area contributed by atoms with Crippen molar-refractivity contribution in [3.05, 3.63) is 71.5 Å². The summed E-state index contributed by atoms with van der Waals surface area (Å²) < 4.78 is 13.8. The lowest BCUT2D eigenvalue weighted by Gasteiger charge is -2.29. The van der Waals surface area contributed by atoms with E-state index in [-0.39, 0.29) is 11.9 Å². The van der Waals surface area contributed by atoms with Gasteiger partial charge in [0.05, 0.1) is 6.10 Å². The second kappa shape index (κ2) is 8.06. The largest absolute Gasteiger partial charge is 0.391 e. The summed E-state index contributed by atoms with van der Waals surface area (Å²) in [5, 5.41) is 10.3. The Balaban J connectivity index is 1.98. The van der Waals surface area contributed by atoms with Crippen LogP contribution in [0.4, 0.5) is 4.39 Å². The highest BCUT2D eigenvalue weighted by Gasteiger charge is 2.17. The fourth-order valence-electron chi connectivity index (χ4n) is 2.52. The SMILES string of the molecule is CC(C)N(Cc1ccccc1F)C[C@@H](O)Cc1ccccc1. The van der Waals surface area contributed by atoms with Crippen molar-refractivity contribution in [3.8, 4) is 0 Å². The third-order valence-electron chi connectivity index (χ3n) is 3.82. The number of aliphatic hydroxyl groups is 1. The van der Waals surface area contributed by atoms with Crippen LogP contribution in [0.25, 0.3) is 0 Å². The predicted octanol–water partition coefficient (Wildman–Crippen LogP) is 3.64. The molecule has 0 bridgehead atoms. The summed E-state index contributed by atoms with van der Waals surface area (Å²) >= 11 is 0. The van der Waals surface area contributed by atoms with Crippen LogP contribution < -0.4 is 0 Å². The molecule has 0 spiro atoms. The molecule has 2 rings (SSSR count). The summed E-state index contributed by atoms with van der Waals surface area (Å²) in [5.74, 6) is -0.189. The highest BCUT2D eigenvalue weighted by atomic mass is 19.1. The first-order valence-electron chi connectivity index (χ1n) is 7.75. The van der Waals surface area contributed by atoms with E-state index in [1.807, 2.05) is 36.4 Å². The third-order valence-corrected chi connectivity index (χ3v) is 3.82. The molecule has 2 aromatic carbocycles. The molecule has 0 radical (unpaired) electrons. The maximum atomic E-state index is 13.8. The molecule has 0 aromatic heterocycles. The highest BCUT2D eigenvalue weighted by Crippen LogP contribution is 2.14. The molecule has 0 aliphatic carbocycles. The zero-order chi connectivity index (χ0) is 15.9. The van der Waals surface area contributed by atoms with Gasteiger partial charge in [-0.25, -0.2) is 4.39 Å². The number of nitrogens with zero attached hydrogens (tertiary/aromatic N) is 1. The van der Waals surface area contributed by atoms with Gasteiger partial charge in [0.2, 0.25) is 0 Å². The van der Waals surface area contributed by atoms with Crippen molar-refractivity contribution < 1.29 is 9.50 Å². The lowest BCUT2D eigenvalue weighted by molar-refractivity contribution is 0.0901. The normalized spacial score (nSPS) is 12.8. The van der Waals surface area contributed by atoms with Crippen LogP contribution >= 0.6 is 0 Å². The van der Waals surface area contributed by atoms with Crippen molar-refractivity contribution in [1.82, 2.24) is 4.90 Å². The minimum absolute atomic E-state index is 0.189. The molecule has 0 unspecified atom stereocenters. The Labute approximate surface area is 132 Å². The van der Waals surface area contributed by atoms with E-state index in [0.717, 1.165) is 5.56 Å². The summed E-state index contributed by atoms with van der Waals surface area (Å²) in [6, 6.07) is 17.0. The first-order chi connectivity index (χ1) is 10.6. The van der Waals surface area contributed by atoms with Gasteiger partial charge in [0.1, 0.15) is 5.82 Å². The van der Waals surface area contributed by atoms with Crippen LogP contribution in [0.5, 0.6) is 0 Å². The fourth-order valence-corrected chi connectivity index (χ4v) is 2.52. The second-order valence-corrected chi connectivity index (χ2v) is 5.96. The van der Waals surface area contributed by atoms with Gasteiger partial charge in [-0.15, -0.1) is 0 Å². The van der Waals surface area contributed by atoms with E-state index in [4.69, 9.17) is 0 Å². The van der Waals surface area contributed by atoms with Crippen molar-refractivity contribution in [3.63, 3.8) is 0 Å². The summed E-state index contributed by atoms with van der Waals surface area (Å²) in [5.41, 5.74) is 1.78. The minimum Gasteiger partial charge on any atom is -0.391 e. The van der Waals surface area contributed by atoms with Gasteiger partial charge >= 0.3 is 0 Å². The summed E-state index contributed by atoms with van der Waals surface area (Å²) in [7, 11) is 0. The number of benzene rings is 2. The molecular weight excluding hydrogens is 277 g/mol. The van der Waals surface area contributed by atoms with Gasteiger partial charge in [0, 0.05) is 24.7 Å². The topological polar surface area (TPSA) is 23.5 Å². The van der Waals surface area contributed by atoms with Gasteiger partial charge in [-0.05, 0) is 31.9 Å². The molecule has 0 fully saturated rings.